The van der Waals surface area contributed by atoms with Crippen LogP contribution >= 0.6 is 24.0 Å². The van der Waals surface area contributed by atoms with E-state index in [2.05, 4.69) is 53.0 Å². The third-order valence-electron chi connectivity index (χ3n) is 5.15. The summed E-state index contributed by atoms with van der Waals surface area (Å²) in [4.78, 5) is 16.1. The standard InChI is InChI=1S/C22H36N4O2.HI/c1-5-17(3)26-21(27)12-13-24-22(23-4)25-15-18-11-10-16(2)14-20(18)28-19-8-6-7-9-19;/h10-11,14,17,19H,5-9,12-13,15H2,1-4H3,(H,26,27)(H2,23,24,25);1H. The van der Waals surface area contributed by atoms with E-state index in [0.717, 1.165) is 30.6 Å². The summed E-state index contributed by atoms with van der Waals surface area (Å²) in [5, 5.41) is 9.50. The number of hydrogen-bond donors (Lipinski definition) is 3. The van der Waals surface area contributed by atoms with Gasteiger partial charge in [-0.2, -0.15) is 0 Å². The maximum atomic E-state index is 11.9. The molecule has 164 valence electrons. The molecule has 1 amide bonds. The molecule has 1 aromatic rings. The van der Waals surface area contributed by atoms with Crippen LogP contribution in [0, 0.1) is 6.92 Å². The summed E-state index contributed by atoms with van der Waals surface area (Å²) in [7, 11) is 1.74. The van der Waals surface area contributed by atoms with Crippen molar-refractivity contribution in [2.75, 3.05) is 13.6 Å². The molecule has 1 aliphatic carbocycles. The zero-order valence-corrected chi connectivity index (χ0v) is 20.5. The summed E-state index contributed by atoms with van der Waals surface area (Å²) in [5.41, 5.74) is 2.32. The lowest BCUT2D eigenvalue weighted by molar-refractivity contribution is -0.121. The normalized spacial score (nSPS) is 15.4. The van der Waals surface area contributed by atoms with Gasteiger partial charge in [-0.05, 0) is 57.6 Å². The van der Waals surface area contributed by atoms with E-state index in [1.165, 1.54) is 18.4 Å². The Hall–Kier alpha value is -1.51. The number of amides is 1. The molecule has 1 aliphatic rings. The second-order valence-corrected chi connectivity index (χ2v) is 7.61. The van der Waals surface area contributed by atoms with Crippen molar-refractivity contribution >= 4 is 35.8 Å². The van der Waals surface area contributed by atoms with Crippen molar-refractivity contribution < 1.29 is 9.53 Å². The van der Waals surface area contributed by atoms with Crippen LogP contribution in [0.2, 0.25) is 0 Å². The lowest BCUT2D eigenvalue weighted by Gasteiger charge is -2.18. The van der Waals surface area contributed by atoms with Gasteiger partial charge in [0.25, 0.3) is 0 Å². The van der Waals surface area contributed by atoms with Gasteiger partial charge in [0.2, 0.25) is 5.91 Å². The summed E-state index contributed by atoms with van der Waals surface area (Å²) in [5.74, 6) is 1.70. The summed E-state index contributed by atoms with van der Waals surface area (Å²) >= 11 is 0. The first kappa shape index (κ1) is 25.5. The van der Waals surface area contributed by atoms with Crippen LogP contribution in [-0.4, -0.2) is 37.6 Å². The number of hydrogen-bond acceptors (Lipinski definition) is 3. The topological polar surface area (TPSA) is 74.8 Å². The molecule has 0 aromatic heterocycles. The number of rotatable bonds is 9. The molecule has 0 radical (unpaired) electrons. The smallest absolute Gasteiger partial charge is 0.221 e. The van der Waals surface area contributed by atoms with Crippen molar-refractivity contribution in [2.24, 2.45) is 4.99 Å². The van der Waals surface area contributed by atoms with Crippen molar-refractivity contribution in [3.05, 3.63) is 29.3 Å². The fourth-order valence-electron chi connectivity index (χ4n) is 3.25. The number of aryl methyl sites for hydroxylation is 1. The number of ether oxygens (including phenoxy) is 1. The van der Waals surface area contributed by atoms with Crippen LogP contribution in [0.15, 0.2) is 23.2 Å². The maximum Gasteiger partial charge on any atom is 0.221 e. The van der Waals surface area contributed by atoms with Crippen LogP contribution in [-0.2, 0) is 11.3 Å². The number of aliphatic imine (C=N–C) groups is 1. The molecule has 2 rings (SSSR count). The van der Waals surface area contributed by atoms with Crippen LogP contribution in [0.3, 0.4) is 0 Å². The van der Waals surface area contributed by atoms with Gasteiger partial charge >= 0.3 is 0 Å². The summed E-state index contributed by atoms with van der Waals surface area (Å²) in [6, 6.07) is 6.54. The molecule has 0 heterocycles. The SMILES string of the molecule is CCC(C)NC(=O)CCNC(=NC)NCc1ccc(C)cc1OC1CCCC1.I. The van der Waals surface area contributed by atoms with Crippen LogP contribution in [0.4, 0.5) is 0 Å². The molecule has 7 heteroatoms. The predicted molar refractivity (Wildman–Crippen MR) is 130 cm³/mol. The number of nitrogens with one attached hydrogen (secondary N) is 3. The van der Waals surface area contributed by atoms with Crippen molar-refractivity contribution in [3.63, 3.8) is 0 Å². The van der Waals surface area contributed by atoms with E-state index in [4.69, 9.17) is 4.74 Å². The molecule has 6 nitrogen and oxygen atoms in total. The van der Waals surface area contributed by atoms with Gasteiger partial charge < -0.3 is 20.7 Å². The Morgan fingerprint density at radius 1 is 1.28 bits per heavy atom. The van der Waals surface area contributed by atoms with Gasteiger partial charge in [0.1, 0.15) is 5.75 Å². The van der Waals surface area contributed by atoms with Crippen molar-refractivity contribution in [3.8, 4) is 5.75 Å². The minimum atomic E-state index is 0. The zero-order chi connectivity index (χ0) is 20.4. The molecule has 1 saturated carbocycles. The Balaban J connectivity index is 0.00000420. The third kappa shape index (κ3) is 9.23. The van der Waals surface area contributed by atoms with E-state index in [9.17, 15) is 4.79 Å². The summed E-state index contributed by atoms with van der Waals surface area (Å²) in [6.07, 6.45) is 6.49. The highest BCUT2D eigenvalue weighted by Gasteiger charge is 2.18. The summed E-state index contributed by atoms with van der Waals surface area (Å²) in [6.45, 7) is 7.33. The molecule has 3 N–H and O–H groups in total. The fourth-order valence-corrected chi connectivity index (χ4v) is 3.25. The number of nitrogens with zero attached hydrogens (tertiary/aromatic N) is 1. The largest absolute Gasteiger partial charge is 0.490 e. The first-order valence-corrected chi connectivity index (χ1v) is 10.5. The molecule has 1 unspecified atom stereocenters. The molecule has 0 saturated heterocycles. The summed E-state index contributed by atoms with van der Waals surface area (Å²) < 4.78 is 6.26. The third-order valence-corrected chi connectivity index (χ3v) is 5.15. The van der Waals surface area contributed by atoms with E-state index in [-0.39, 0.29) is 35.9 Å². The van der Waals surface area contributed by atoms with E-state index in [0.29, 0.717) is 31.6 Å². The monoisotopic (exact) mass is 516 g/mol. The first-order chi connectivity index (χ1) is 13.5. The van der Waals surface area contributed by atoms with Crippen molar-refractivity contribution in [1.82, 2.24) is 16.0 Å². The number of carbonyl (C=O) groups excluding carboxylic acids is 1. The number of halogens is 1. The average molecular weight is 516 g/mol. The number of guanidine groups is 1. The quantitative estimate of drug-likeness (QED) is 0.265. The fraction of sp³-hybridized carbons (Fsp3) is 0.636. The minimum Gasteiger partial charge on any atom is -0.490 e. The second kappa shape index (κ2) is 13.7. The number of carbonyl (C=O) groups is 1. The highest BCUT2D eigenvalue weighted by Crippen LogP contribution is 2.27. The molecular formula is C22H37IN4O2. The lowest BCUT2D eigenvalue weighted by Crippen LogP contribution is -2.40. The van der Waals surface area contributed by atoms with Crippen LogP contribution in [0.5, 0.6) is 5.75 Å². The van der Waals surface area contributed by atoms with Gasteiger partial charge in [-0.25, -0.2) is 0 Å². The zero-order valence-electron chi connectivity index (χ0n) is 18.2. The molecule has 0 aliphatic heterocycles. The van der Waals surface area contributed by atoms with Gasteiger partial charge in [-0.3, -0.25) is 9.79 Å². The first-order valence-electron chi connectivity index (χ1n) is 10.5. The van der Waals surface area contributed by atoms with Crippen molar-refractivity contribution in [2.45, 2.75) is 78.0 Å². The Morgan fingerprint density at radius 3 is 2.66 bits per heavy atom. The van der Waals surface area contributed by atoms with Gasteiger partial charge in [0.05, 0.1) is 6.10 Å². The second-order valence-electron chi connectivity index (χ2n) is 7.61. The van der Waals surface area contributed by atoms with Gasteiger partial charge in [0, 0.05) is 38.2 Å². The Kier molecular flexibility index (Phi) is 12.0. The van der Waals surface area contributed by atoms with Gasteiger partial charge in [0.15, 0.2) is 5.96 Å². The molecule has 0 spiro atoms. The predicted octanol–water partition coefficient (Wildman–Crippen LogP) is 3.90. The molecular weight excluding hydrogens is 479 g/mol. The Labute approximate surface area is 192 Å². The highest BCUT2D eigenvalue weighted by molar-refractivity contribution is 14.0. The molecule has 1 aromatic carbocycles. The Morgan fingerprint density at radius 2 is 2.00 bits per heavy atom. The van der Waals surface area contributed by atoms with Crippen LogP contribution in [0.1, 0.15) is 63.5 Å². The lowest BCUT2D eigenvalue weighted by atomic mass is 10.1. The molecule has 1 atom stereocenters. The molecule has 29 heavy (non-hydrogen) atoms. The van der Waals surface area contributed by atoms with Gasteiger partial charge in [-0.15, -0.1) is 24.0 Å². The van der Waals surface area contributed by atoms with Crippen LogP contribution < -0.4 is 20.7 Å². The van der Waals surface area contributed by atoms with Gasteiger partial charge in [-0.1, -0.05) is 19.1 Å². The average Bonchev–Trinajstić information content (AvgIpc) is 3.18. The maximum absolute atomic E-state index is 11.9. The Bertz CT molecular complexity index is 660. The van der Waals surface area contributed by atoms with E-state index in [1.807, 2.05) is 6.92 Å². The van der Waals surface area contributed by atoms with Crippen molar-refractivity contribution in [1.29, 1.82) is 0 Å². The van der Waals surface area contributed by atoms with Crippen LogP contribution in [0.25, 0.3) is 0 Å². The molecule has 0 bridgehead atoms. The van der Waals surface area contributed by atoms with E-state index in [1.54, 1.807) is 7.05 Å². The molecule has 1 fully saturated rings. The highest BCUT2D eigenvalue weighted by atomic mass is 127. The van der Waals surface area contributed by atoms with E-state index >= 15 is 0 Å². The van der Waals surface area contributed by atoms with E-state index < -0.39 is 0 Å². The number of benzene rings is 1. The minimum absolute atomic E-state index is 0.